The lowest BCUT2D eigenvalue weighted by Gasteiger charge is -2.11. The number of rotatable bonds is 7. The van der Waals surface area contributed by atoms with Gasteiger partial charge in [0.2, 0.25) is 15.9 Å². The second-order valence-corrected chi connectivity index (χ2v) is 9.51. The molecule has 0 saturated heterocycles. The Balaban J connectivity index is 2.17. The van der Waals surface area contributed by atoms with E-state index in [9.17, 15) is 21.6 Å². The number of carbonyl (C=O) groups excluding carboxylic acids is 1. The Labute approximate surface area is 159 Å². The minimum atomic E-state index is -3.85. The Kier molecular flexibility index (Phi) is 6.24. The van der Waals surface area contributed by atoms with Crippen molar-refractivity contribution in [3.05, 3.63) is 48.5 Å². The van der Waals surface area contributed by atoms with E-state index in [1.165, 1.54) is 55.5 Å². The summed E-state index contributed by atoms with van der Waals surface area (Å²) >= 11 is 0. The molecule has 0 aliphatic rings. The predicted molar refractivity (Wildman–Crippen MR) is 103 cm³/mol. The van der Waals surface area contributed by atoms with Crippen LogP contribution < -0.4 is 14.8 Å². The van der Waals surface area contributed by atoms with Crippen molar-refractivity contribution < 1.29 is 21.6 Å². The van der Waals surface area contributed by atoms with Crippen molar-refractivity contribution in [3.63, 3.8) is 0 Å². The Morgan fingerprint density at radius 2 is 1.22 bits per heavy atom. The molecule has 0 heterocycles. The van der Waals surface area contributed by atoms with E-state index >= 15 is 0 Å². The molecule has 8 nitrogen and oxygen atoms in total. The third-order valence-corrected chi connectivity index (χ3v) is 6.36. The third-order valence-electron chi connectivity index (χ3n) is 3.29. The minimum absolute atomic E-state index is 0.00905. The second-order valence-electron chi connectivity index (χ2n) is 6.11. The van der Waals surface area contributed by atoms with Crippen LogP contribution in [0.3, 0.4) is 0 Å². The van der Waals surface area contributed by atoms with E-state index in [-0.39, 0.29) is 27.4 Å². The fourth-order valence-corrected chi connectivity index (χ4v) is 4.52. The lowest BCUT2D eigenvalue weighted by Crippen LogP contribution is -2.30. The lowest BCUT2D eigenvalue weighted by atomic mass is 10.3. The van der Waals surface area contributed by atoms with Crippen molar-refractivity contribution in [2.45, 2.75) is 36.6 Å². The van der Waals surface area contributed by atoms with E-state index in [1.54, 1.807) is 13.8 Å². The SMILES string of the molecule is CC(=O)Nc1ccc(S(=O)(=O)Nc2ccc(S(=O)(=O)NC(C)C)cc2)cc1. The smallest absolute Gasteiger partial charge is 0.261 e. The van der Waals surface area contributed by atoms with Gasteiger partial charge in [0.1, 0.15) is 0 Å². The zero-order valence-corrected chi connectivity index (χ0v) is 16.7. The van der Waals surface area contributed by atoms with Crippen molar-refractivity contribution in [2.75, 3.05) is 10.0 Å². The fourth-order valence-electron chi connectivity index (χ4n) is 2.22. The van der Waals surface area contributed by atoms with Crippen LogP contribution in [-0.4, -0.2) is 28.8 Å². The number of hydrogen-bond acceptors (Lipinski definition) is 5. The molecule has 1 amide bonds. The van der Waals surface area contributed by atoms with E-state index in [0.29, 0.717) is 5.69 Å². The quantitative estimate of drug-likeness (QED) is 0.644. The summed E-state index contributed by atoms with van der Waals surface area (Å²) in [6.45, 7) is 4.77. The first-order chi connectivity index (χ1) is 12.5. The normalized spacial score (nSPS) is 12.0. The first-order valence-electron chi connectivity index (χ1n) is 8.02. The van der Waals surface area contributed by atoms with Crippen LogP contribution in [0.25, 0.3) is 0 Å². The van der Waals surface area contributed by atoms with Crippen LogP contribution in [0, 0.1) is 0 Å². The Hall–Kier alpha value is -2.43. The molecule has 2 aromatic carbocycles. The summed E-state index contributed by atoms with van der Waals surface area (Å²) in [5, 5.41) is 2.55. The number of nitrogens with one attached hydrogen (secondary N) is 3. The van der Waals surface area contributed by atoms with Gasteiger partial charge in [0.15, 0.2) is 0 Å². The van der Waals surface area contributed by atoms with Crippen molar-refractivity contribution in [3.8, 4) is 0 Å². The summed E-state index contributed by atoms with van der Waals surface area (Å²) < 4.78 is 53.9. The zero-order chi connectivity index (χ0) is 20.2. The maximum absolute atomic E-state index is 12.4. The van der Waals surface area contributed by atoms with Gasteiger partial charge in [0.25, 0.3) is 10.0 Å². The molecule has 0 fully saturated rings. The molecule has 0 aliphatic carbocycles. The highest BCUT2D eigenvalue weighted by molar-refractivity contribution is 7.92. The van der Waals surface area contributed by atoms with Gasteiger partial charge < -0.3 is 5.32 Å². The number of benzene rings is 2. The van der Waals surface area contributed by atoms with Crippen molar-refractivity contribution in [1.29, 1.82) is 0 Å². The first-order valence-corrected chi connectivity index (χ1v) is 11.0. The van der Waals surface area contributed by atoms with E-state index in [0.717, 1.165) is 0 Å². The maximum atomic E-state index is 12.4. The molecule has 0 unspecified atom stereocenters. The molecule has 10 heteroatoms. The highest BCUT2D eigenvalue weighted by atomic mass is 32.2. The molecule has 2 aromatic rings. The molecule has 2 rings (SSSR count). The molecule has 0 atom stereocenters. The largest absolute Gasteiger partial charge is 0.326 e. The van der Waals surface area contributed by atoms with E-state index in [2.05, 4.69) is 14.8 Å². The summed E-state index contributed by atoms with van der Waals surface area (Å²) in [5.41, 5.74) is 0.707. The molecule has 27 heavy (non-hydrogen) atoms. The van der Waals surface area contributed by atoms with Crippen LogP contribution in [0.4, 0.5) is 11.4 Å². The van der Waals surface area contributed by atoms with Gasteiger partial charge in [0.05, 0.1) is 9.79 Å². The van der Waals surface area contributed by atoms with Gasteiger partial charge in [-0.25, -0.2) is 21.6 Å². The molecular formula is C17H21N3O5S2. The monoisotopic (exact) mass is 411 g/mol. The van der Waals surface area contributed by atoms with Crippen LogP contribution >= 0.6 is 0 Å². The van der Waals surface area contributed by atoms with E-state index in [4.69, 9.17) is 0 Å². The van der Waals surface area contributed by atoms with Gasteiger partial charge in [0, 0.05) is 24.3 Å². The van der Waals surface area contributed by atoms with Crippen LogP contribution in [0.5, 0.6) is 0 Å². The number of hydrogen-bond donors (Lipinski definition) is 3. The third kappa shape index (κ3) is 5.78. The Morgan fingerprint density at radius 3 is 1.67 bits per heavy atom. The van der Waals surface area contributed by atoms with Crippen LogP contribution in [0.2, 0.25) is 0 Å². The molecule has 0 spiro atoms. The minimum Gasteiger partial charge on any atom is -0.326 e. The molecular weight excluding hydrogens is 390 g/mol. The van der Waals surface area contributed by atoms with Crippen molar-refractivity contribution >= 4 is 37.3 Å². The van der Waals surface area contributed by atoms with Gasteiger partial charge in [-0.3, -0.25) is 9.52 Å². The standard InChI is InChI=1S/C17H21N3O5S2/c1-12(2)19-26(22,23)16-10-6-15(7-11-16)20-27(24,25)17-8-4-14(5-9-17)18-13(3)21/h4-12,19-20H,1-3H3,(H,18,21). The molecule has 0 radical (unpaired) electrons. The highest BCUT2D eigenvalue weighted by Gasteiger charge is 2.17. The first kappa shape index (κ1) is 20.9. The average Bonchev–Trinajstić information content (AvgIpc) is 2.53. The van der Waals surface area contributed by atoms with E-state index in [1.807, 2.05) is 0 Å². The fraction of sp³-hybridized carbons (Fsp3) is 0.235. The average molecular weight is 412 g/mol. The molecule has 0 aromatic heterocycles. The predicted octanol–water partition coefficient (Wildman–Crippen LogP) is 2.13. The van der Waals surface area contributed by atoms with Crippen LogP contribution in [0.1, 0.15) is 20.8 Å². The van der Waals surface area contributed by atoms with Crippen molar-refractivity contribution in [2.24, 2.45) is 0 Å². The zero-order valence-electron chi connectivity index (χ0n) is 15.1. The number of amides is 1. The number of sulfonamides is 2. The summed E-state index contributed by atoms with van der Waals surface area (Å²) in [6, 6.07) is 10.8. The van der Waals surface area contributed by atoms with Gasteiger partial charge in [-0.05, 0) is 62.4 Å². The Bertz CT molecular complexity index is 1010. The lowest BCUT2D eigenvalue weighted by molar-refractivity contribution is -0.114. The van der Waals surface area contributed by atoms with Gasteiger partial charge in [-0.2, -0.15) is 0 Å². The summed E-state index contributed by atoms with van der Waals surface area (Å²) in [4.78, 5) is 11.1. The van der Waals surface area contributed by atoms with E-state index < -0.39 is 20.0 Å². The maximum Gasteiger partial charge on any atom is 0.261 e. The van der Waals surface area contributed by atoms with Gasteiger partial charge in [-0.1, -0.05) is 0 Å². The number of carbonyl (C=O) groups is 1. The Morgan fingerprint density at radius 1 is 0.778 bits per heavy atom. The molecule has 146 valence electrons. The molecule has 0 aliphatic heterocycles. The molecule has 0 saturated carbocycles. The summed E-state index contributed by atoms with van der Waals surface area (Å²) in [7, 11) is -7.50. The second kappa shape index (κ2) is 8.07. The number of anilines is 2. The van der Waals surface area contributed by atoms with Crippen LogP contribution in [0.15, 0.2) is 58.3 Å². The summed E-state index contributed by atoms with van der Waals surface area (Å²) in [5.74, 6) is -0.259. The summed E-state index contributed by atoms with van der Waals surface area (Å²) in [6.07, 6.45) is 0. The molecule has 0 bridgehead atoms. The molecule has 3 N–H and O–H groups in total. The van der Waals surface area contributed by atoms with Gasteiger partial charge in [-0.15, -0.1) is 0 Å². The highest BCUT2D eigenvalue weighted by Crippen LogP contribution is 2.20. The van der Waals surface area contributed by atoms with Crippen LogP contribution in [-0.2, 0) is 24.8 Å². The van der Waals surface area contributed by atoms with Crippen molar-refractivity contribution in [1.82, 2.24) is 4.72 Å². The topological polar surface area (TPSA) is 121 Å². The van der Waals surface area contributed by atoms with Gasteiger partial charge >= 0.3 is 0 Å².